The third-order valence-electron chi connectivity index (χ3n) is 3.45. The van der Waals surface area contributed by atoms with Gasteiger partial charge in [0.05, 0.1) is 6.42 Å². The first-order valence-corrected chi connectivity index (χ1v) is 6.58. The largest absolute Gasteiger partial charge is 0.480 e. The molecule has 1 N–H and O–H groups in total. The molecule has 0 unspecified atom stereocenters. The van der Waals surface area contributed by atoms with Crippen LogP contribution in [0.25, 0.3) is 0 Å². The Hall–Kier alpha value is -1.91. The van der Waals surface area contributed by atoms with Crippen LogP contribution < -0.4 is 0 Å². The second-order valence-electron chi connectivity index (χ2n) is 4.85. The summed E-state index contributed by atoms with van der Waals surface area (Å²) in [6.07, 6.45) is 5.75. The van der Waals surface area contributed by atoms with E-state index in [0.29, 0.717) is 5.69 Å². The Morgan fingerprint density at radius 1 is 1.32 bits per heavy atom. The standard InChI is InChI=1S/C14H18N2O3/c17-13(9-11-5-3-4-8-15-11)16(10-14(18)19)12-6-1-2-7-12/h3-5,8,12H,1-2,6-7,9-10H2,(H,18,19). The van der Waals surface area contributed by atoms with Gasteiger partial charge in [-0.25, -0.2) is 0 Å². The number of carbonyl (C=O) groups is 2. The van der Waals surface area contributed by atoms with E-state index < -0.39 is 5.97 Å². The molecule has 19 heavy (non-hydrogen) atoms. The molecule has 0 bridgehead atoms. The molecule has 0 aromatic carbocycles. The average Bonchev–Trinajstić information content (AvgIpc) is 2.90. The van der Waals surface area contributed by atoms with Crippen LogP contribution in [0.1, 0.15) is 31.4 Å². The van der Waals surface area contributed by atoms with Crippen LogP contribution in [0.3, 0.4) is 0 Å². The molecule has 1 heterocycles. The lowest BCUT2D eigenvalue weighted by molar-refractivity contribution is -0.145. The normalized spacial score (nSPS) is 15.4. The van der Waals surface area contributed by atoms with Crippen molar-refractivity contribution in [1.29, 1.82) is 0 Å². The number of carboxylic acids is 1. The van der Waals surface area contributed by atoms with Crippen LogP contribution in [0.5, 0.6) is 0 Å². The molecular formula is C14H18N2O3. The van der Waals surface area contributed by atoms with Gasteiger partial charge in [0.15, 0.2) is 0 Å². The van der Waals surface area contributed by atoms with Crippen molar-refractivity contribution in [2.45, 2.75) is 38.1 Å². The van der Waals surface area contributed by atoms with Crippen molar-refractivity contribution in [3.63, 3.8) is 0 Å². The lowest BCUT2D eigenvalue weighted by atomic mass is 10.1. The number of rotatable bonds is 5. The first-order chi connectivity index (χ1) is 9.16. The van der Waals surface area contributed by atoms with Gasteiger partial charge in [-0.2, -0.15) is 0 Å². The molecule has 1 aliphatic carbocycles. The van der Waals surface area contributed by atoms with E-state index in [4.69, 9.17) is 5.11 Å². The molecule has 0 radical (unpaired) electrons. The summed E-state index contributed by atoms with van der Waals surface area (Å²) in [7, 11) is 0. The number of nitrogens with zero attached hydrogens (tertiary/aromatic N) is 2. The lowest BCUT2D eigenvalue weighted by Gasteiger charge is -2.27. The summed E-state index contributed by atoms with van der Waals surface area (Å²) in [4.78, 5) is 28.8. The number of pyridine rings is 1. The van der Waals surface area contributed by atoms with Gasteiger partial charge in [0.25, 0.3) is 0 Å². The van der Waals surface area contributed by atoms with E-state index in [1.54, 1.807) is 18.3 Å². The van der Waals surface area contributed by atoms with Crippen molar-refractivity contribution >= 4 is 11.9 Å². The Morgan fingerprint density at radius 2 is 2.05 bits per heavy atom. The maximum absolute atomic E-state index is 12.3. The molecule has 0 atom stereocenters. The molecule has 2 rings (SSSR count). The minimum absolute atomic E-state index is 0.0762. The summed E-state index contributed by atoms with van der Waals surface area (Å²) < 4.78 is 0. The van der Waals surface area contributed by atoms with Crippen molar-refractivity contribution < 1.29 is 14.7 Å². The highest BCUT2D eigenvalue weighted by Crippen LogP contribution is 2.23. The quantitative estimate of drug-likeness (QED) is 0.872. The first kappa shape index (κ1) is 13.5. The van der Waals surface area contributed by atoms with E-state index in [2.05, 4.69) is 4.98 Å². The van der Waals surface area contributed by atoms with Crippen molar-refractivity contribution in [2.24, 2.45) is 0 Å². The molecule has 1 amide bonds. The zero-order valence-electron chi connectivity index (χ0n) is 10.8. The zero-order valence-corrected chi connectivity index (χ0v) is 10.8. The van der Waals surface area contributed by atoms with E-state index in [-0.39, 0.29) is 24.9 Å². The minimum atomic E-state index is -0.957. The smallest absolute Gasteiger partial charge is 0.323 e. The van der Waals surface area contributed by atoms with E-state index in [0.717, 1.165) is 25.7 Å². The fourth-order valence-corrected chi connectivity index (χ4v) is 2.54. The van der Waals surface area contributed by atoms with Crippen LogP contribution in [-0.2, 0) is 16.0 Å². The Morgan fingerprint density at radius 3 is 2.63 bits per heavy atom. The van der Waals surface area contributed by atoms with Gasteiger partial charge in [-0.15, -0.1) is 0 Å². The number of aliphatic carboxylic acids is 1. The van der Waals surface area contributed by atoms with Crippen molar-refractivity contribution in [1.82, 2.24) is 9.88 Å². The number of aromatic nitrogens is 1. The minimum Gasteiger partial charge on any atom is -0.480 e. The summed E-state index contributed by atoms with van der Waals surface area (Å²) >= 11 is 0. The van der Waals surface area contributed by atoms with Crippen LogP contribution in [0.15, 0.2) is 24.4 Å². The summed E-state index contributed by atoms with van der Waals surface area (Å²) in [5.41, 5.74) is 0.681. The predicted octanol–water partition coefficient (Wildman–Crippen LogP) is 1.48. The highest BCUT2D eigenvalue weighted by atomic mass is 16.4. The van der Waals surface area contributed by atoms with Crippen molar-refractivity contribution in [2.75, 3.05) is 6.54 Å². The van der Waals surface area contributed by atoms with Crippen LogP contribution >= 0.6 is 0 Å². The Kier molecular flexibility index (Phi) is 4.49. The average molecular weight is 262 g/mol. The summed E-state index contributed by atoms with van der Waals surface area (Å²) in [5.74, 6) is -1.10. The predicted molar refractivity (Wildman–Crippen MR) is 69.5 cm³/mol. The Bertz CT molecular complexity index is 441. The van der Waals surface area contributed by atoms with Crippen LogP contribution in [-0.4, -0.2) is 39.5 Å². The molecule has 0 aliphatic heterocycles. The highest BCUT2D eigenvalue weighted by Gasteiger charge is 2.28. The van der Waals surface area contributed by atoms with E-state index in [9.17, 15) is 9.59 Å². The lowest BCUT2D eigenvalue weighted by Crippen LogP contribution is -2.43. The molecular weight excluding hydrogens is 244 g/mol. The SMILES string of the molecule is O=C(O)CN(C(=O)Cc1ccccn1)C1CCCC1. The highest BCUT2D eigenvalue weighted by molar-refractivity contribution is 5.83. The third-order valence-corrected chi connectivity index (χ3v) is 3.45. The summed E-state index contributed by atoms with van der Waals surface area (Å²) in [6.45, 7) is -0.212. The topological polar surface area (TPSA) is 70.5 Å². The molecule has 0 spiro atoms. The molecule has 1 aliphatic rings. The van der Waals surface area contributed by atoms with Gasteiger partial charge in [-0.3, -0.25) is 14.6 Å². The monoisotopic (exact) mass is 262 g/mol. The van der Waals surface area contributed by atoms with Gasteiger partial charge in [0, 0.05) is 17.9 Å². The van der Waals surface area contributed by atoms with Crippen LogP contribution in [0, 0.1) is 0 Å². The van der Waals surface area contributed by atoms with Crippen LogP contribution in [0.4, 0.5) is 0 Å². The van der Waals surface area contributed by atoms with Gasteiger partial charge >= 0.3 is 5.97 Å². The van der Waals surface area contributed by atoms with Gasteiger partial charge in [-0.05, 0) is 25.0 Å². The van der Waals surface area contributed by atoms with Gasteiger partial charge in [-0.1, -0.05) is 18.9 Å². The van der Waals surface area contributed by atoms with Crippen molar-refractivity contribution in [3.8, 4) is 0 Å². The summed E-state index contributed by atoms with van der Waals surface area (Å²) in [5, 5.41) is 8.95. The number of carboxylic acid groups (broad SMARTS) is 1. The fraction of sp³-hybridized carbons (Fsp3) is 0.500. The Labute approximate surface area is 112 Å². The van der Waals surface area contributed by atoms with E-state index in [1.807, 2.05) is 6.07 Å². The van der Waals surface area contributed by atoms with E-state index >= 15 is 0 Å². The molecule has 1 aromatic rings. The first-order valence-electron chi connectivity index (χ1n) is 6.58. The molecule has 102 valence electrons. The van der Waals surface area contributed by atoms with Gasteiger partial charge in [0.1, 0.15) is 6.54 Å². The number of carbonyl (C=O) groups excluding carboxylic acids is 1. The molecule has 0 saturated heterocycles. The van der Waals surface area contributed by atoms with Gasteiger partial charge < -0.3 is 10.0 Å². The van der Waals surface area contributed by atoms with Crippen LogP contribution in [0.2, 0.25) is 0 Å². The van der Waals surface area contributed by atoms with E-state index in [1.165, 1.54) is 4.90 Å². The number of hydrogen-bond donors (Lipinski definition) is 1. The zero-order chi connectivity index (χ0) is 13.7. The third kappa shape index (κ3) is 3.77. The molecule has 1 saturated carbocycles. The maximum Gasteiger partial charge on any atom is 0.323 e. The number of hydrogen-bond acceptors (Lipinski definition) is 3. The number of amides is 1. The molecule has 1 fully saturated rings. The van der Waals surface area contributed by atoms with Crippen molar-refractivity contribution in [3.05, 3.63) is 30.1 Å². The van der Waals surface area contributed by atoms with Gasteiger partial charge in [0.2, 0.25) is 5.91 Å². The second kappa shape index (κ2) is 6.31. The summed E-state index contributed by atoms with van der Waals surface area (Å²) in [6, 6.07) is 5.48. The molecule has 5 nitrogen and oxygen atoms in total. The molecule has 5 heteroatoms. The Balaban J connectivity index is 2.04. The second-order valence-corrected chi connectivity index (χ2v) is 4.85. The maximum atomic E-state index is 12.3. The fourth-order valence-electron chi connectivity index (χ4n) is 2.54. The molecule has 1 aromatic heterocycles.